The molecule has 0 saturated heterocycles. The summed E-state index contributed by atoms with van der Waals surface area (Å²) in [5.74, 6) is -1.81. The van der Waals surface area contributed by atoms with Crippen LogP contribution in [-0.2, 0) is 21.8 Å². The molecule has 0 unspecified atom stereocenters. The number of esters is 1. The number of hydrogen-bond donors (Lipinski definition) is 1. The highest BCUT2D eigenvalue weighted by atomic mass is 32.2. The maximum atomic E-state index is 13.3. The number of methoxy groups -OCH3 is 1. The molecule has 12 heteroatoms. The van der Waals surface area contributed by atoms with Crippen LogP contribution in [0.1, 0.15) is 10.4 Å². The fourth-order valence-corrected chi connectivity index (χ4v) is 3.26. The number of rotatable bonds is 5. The fourth-order valence-electron chi connectivity index (χ4n) is 2.16. The number of sulfonamides is 1. The highest BCUT2D eigenvalue weighted by molar-refractivity contribution is 7.92. The number of aromatic nitrogens is 2. The number of anilines is 1. The van der Waals surface area contributed by atoms with E-state index in [2.05, 4.69) is 14.4 Å². The third-order valence-electron chi connectivity index (χ3n) is 3.60. The molecule has 0 aliphatic rings. The largest absolute Gasteiger partial charge is 0.465 e. The molecule has 3 rings (SSSR count). The average Bonchev–Trinajstić information content (AvgIpc) is 3.20. The molecule has 1 aromatic heterocycles. The van der Waals surface area contributed by atoms with Gasteiger partial charge in [-0.1, -0.05) is 6.07 Å². The molecular weight excluding hydrogens is 419 g/mol. The normalized spacial score (nSPS) is 10.5. The first-order chi connectivity index (χ1) is 14.1. The minimum Gasteiger partial charge on any atom is -0.465 e. The van der Waals surface area contributed by atoms with Gasteiger partial charge in [0.15, 0.2) is 0 Å². The summed E-state index contributed by atoms with van der Waals surface area (Å²) in [4.78, 5) is 24.7. The quantitative estimate of drug-likeness (QED) is 0.369. The van der Waals surface area contributed by atoms with Gasteiger partial charge in [-0.25, -0.2) is 18.2 Å². The number of carbonyl (C=O) groups excluding carboxylic acids is 1. The maximum absolute atomic E-state index is 13.3. The van der Waals surface area contributed by atoms with Crippen LogP contribution in [0.3, 0.4) is 0 Å². The van der Waals surface area contributed by atoms with Crippen LogP contribution in [0, 0.1) is 15.9 Å². The molecule has 0 fully saturated rings. The molecule has 0 radical (unpaired) electrons. The van der Waals surface area contributed by atoms with E-state index in [-0.39, 0.29) is 16.1 Å². The summed E-state index contributed by atoms with van der Waals surface area (Å²) in [5, 5.41) is 10.7. The Morgan fingerprint density at radius 3 is 2.53 bits per heavy atom. The molecule has 0 bridgehead atoms. The summed E-state index contributed by atoms with van der Waals surface area (Å²) in [6.45, 7) is 0. The van der Waals surface area contributed by atoms with E-state index in [1.165, 1.54) is 18.2 Å². The molecule has 0 aliphatic heterocycles. The summed E-state index contributed by atoms with van der Waals surface area (Å²) in [7, 11) is -1.05. The molecule has 0 amide bonds. The number of aryl methyl sites for hydroxylation is 1. The second-order valence-electron chi connectivity index (χ2n) is 5.78. The number of ether oxygens (including phenoxy) is 1. The van der Waals surface area contributed by atoms with Gasteiger partial charge in [-0.2, -0.15) is 4.39 Å². The fraction of sp³-hybridized carbons (Fsp3) is 0.111. The Morgan fingerprint density at radius 2 is 2.00 bits per heavy atom. The second kappa shape index (κ2) is 9.60. The molecule has 0 aliphatic carbocycles. The summed E-state index contributed by atoms with van der Waals surface area (Å²) >= 11 is 0. The smallest absolute Gasteiger partial charge is 0.337 e. The van der Waals surface area contributed by atoms with E-state index in [4.69, 9.17) is 0 Å². The molecule has 1 N–H and O–H groups in total. The van der Waals surface area contributed by atoms with Crippen molar-refractivity contribution in [2.24, 2.45) is 7.05 Å². The van der Waals surface area contributed by atoms with Crippen molar-refractivity contribution in [3.8, 4) is 0 Å². The standard InChI is InChI=1S/C14H11FN2O6S.C4H6N2/c1-23-14(18)9-3-2-4-11(7-9)24(21,22)16-10-5-6-12(15)13(8-10)17(19)20;1-6-3-2-5-4-6/h2-8,16H,1H3;2-4H,1H3. The van der Waals surface area contributed by atoms with Crippen LogP contribution in [0.5, 0.6) is 0 Å². The highest BCUT2D eigenvalue weighted by Crippen LogP contribution is 2.24. The van der Waals surface area contributed by atoms with Crippen LogP contribution in [0.25, 0.3) is 0 Å². The molecule has 1 heterocycles. The van der Waals surface area contributed by atoms with Gasteiger partial charge in [0.2, 0.25) is 5.82 Å². The lowest BCUT2D eigenvalue weighted by atomic mass is 10.2. The first-order valence-electron chi connectivity index (χ1n) is 8.21. The lowest BCUT2D eigenvalue weighted by Gasteiger charge is -2.09. The lowest BCUT2D eigenvalue weighted by molar-refractivity contribution is -0.387. The molecule has 0 saturated carbocycles. The van der Waals surface area contributed by atoms with E-state index >= 15 is 0 Å². The van der Waals surface area contributed by atoms with Gasteiger partial charge < -0.3 is 9.30 Å². The molecule has 10 nitrogen and oxygen atoms in total. The van der Waals surface area contributed by atoms with Gasteiger partial charge in [0.05, 0.1) is 34.5 Å². The molecule has 2 aromatic carbocycles. The lowest BCUT2D eigenvalue weighted by Crippen LogP contribution is -2.14. The predicted molar refractivity (Wildman–Crippen MR) is 105 cm³/mol. The van der Waals surface area contributed by atoms with E-state index in [1.54, 1.807) is 12.5 Å². The Labute approximate surface area is 171 Å². The number of nitro groups is 1. The van der Waals surface area contributed by atoms with E-state index < -0.39 is 32.4 Å². The van der Waals surface area contributed by atoms with Crippen molar-refractivity contribution in [3.63, 3.8) is 0 Å². The van der Waals surface area contributed by atoms with Crippen LogP contribution in [-0.4, -0.2) is 36.0 Å². The van der Waals surface area contributed by atoms with Crippen molar-refractivity contribution in [2.75, 3.05) is 11.8 Å². The van der Waals surface area contributed by atoms with Crippen LogP contribution in [0.15, 0.2) is 66.1 Å². The summed E-state index contributed by atoms with van der Waals surface area (Å²) in [6.07, 6.45) is 5.39. The minimum absolute atomic E-state index is 0.0189. The van der Waals surface area contributed by atoms with Gasteiger partial charge in [-0.05, 0) is 30.3 Å². The Kier molecular flexibility index (Phi) is 7.20. The van der Waals surface area contributed by atoms with Gasteiger partial charge in [0.1, 0.15) is 0 Å². The maximum Gasteiger partial charge on any atom is 0.337 e. The first kappa shape index (κ1) is 22.5. The summed E-state index contributed by atoms with van der Waals surface area (Å²) < 4.78 is 46.4. The van der Waals surface area contributed by atoms with Gasteiger partial charge in [0.25, 0.3) is 10.0 Å². The van der Waals surface area contributed by atoms with Gasteiger partial charge in [0, 0.05) is 25.5 Å². The van der Waals surface area contributed by atoms with Crippen LogP contribution >= 0.6 is 0 Å². The van der Waals surface area contributed by atoms with Gasteiger partial charge in [-0.15, -0.1) is 0 Å². The molecule has 30 heavy (non-hydrogen) atoms. The van der Waals surface area contributed by atoms with Crippen molar-refractivity contribution in [1.29, 1.82) is 0 Å². The monoisotopic (exact) mass is 436 g/mol. The number of halogens is 1. The first-order valence-corrected chi connectivity index (χ1v) is 9.69. The molecule has 0 spiro atoms. The molecule has 158 valence electrons. The van der Waals surface area contributed by atoms with Gasteiger partial charge in [-0.3, -0.25) is 14.8 Å². The number of nitrogens with one attached hydrogen (secondary N) is 1. The summed E-state index contributed by atoms with van der Waals surface area (Å²) in [6, 6.07) is 7.61. The number of benzene rings is 2. The minimum atomic E-state index is -4.14. The zero-order valence-electron chi connectivity index (χ0n) is 15.9. The van der Waals surface area contributed by atoms with Crippen molar-refractivity contribution < 1.29 is 27.3 Å². The molecular formula is C18H17FN4O6S. The Bertz CT molecular complexity index is 1150. The van der Waals surface area contributed by atoms with Gasteiger partial charge >= 0.3 is 11.7 Å². The number of imidazole rings is 1. The van der Waals surface area contributed by atoms with E-state index in [0.717, 1.165) is 31.4 Å². The number of carbonyl (C=O) groups is 1. The van der Waals surface area contributed by atoms with Crippen molar-refractivity contribution in [1.82, 2.24) is 9.55 Å². The number of nitro benzene ring substituents is 1. The van der Waals surface area contributed by atoms with Crippen molar-refractivity contribution in [3.05, 3.63) is 82.7 Å². The van der Waals surface area contributed by atoms with Crippen LogP contribution < -0.4 is 4.72 Å². The Morgan fingerprint density at radius 1 is 1.27 bits per heavy atom. The molecule has 0 atom stereocenters. The Balaban J connectivity index is 0.000000456. The third kappa shape index (κ3) is 5.85. The number of nitrogens with zero attached hydrogens (tertiary/aromatic N) is 3. The van der Waals surface area contributed by atoms with Crippen LogP contribution in [0.4, 0.5) is 15.8 Å². The number of hydrogen-bond acceptors (Lipinski definition) is 7. The highest BCUT2D eigenvalue weighted by Gasteiger charge is 2.20. The van der Waals surface area contributed by atoms with E-state index in [1.807, 2.05) is 17.8 Å². The average molecular weight is 436 g/mol. The molecule has 3 aromatic rings. The van der Waals surface area contributed by atoms with E-state index in [9.17, 15) is 27.7 Å². The zero-order chi connectivity index (χ0) is 22.3. The predicted octanol–water partition coefficient (Wildman–Crippen LogP) is 2.74. The third-order valence-corrected chi connectivity index (χ3v) is 4.98. The van der Waals surface area contributed by atoms with Crippen molar-refractivity contribution >= 4 is 27.4 Å². The van der Waals surface area contributed by atoms with E-state index in [0.29, 0.717) is 0 Å². The van der Waals surface area contributed by atoms with Crippen LogP contribution in [0.2, 0.25) is 0 Å². The second-order valence-corrected chi connectivity index (χ2v) is 7.46. The summed E-state index contributed by atoms with van der Waals surface area (Å²) in [5.41, 5.74) is -1.03. The zero-order valence-corrected chi connectivity index (χ0v) is 16.7. The Hall–Kier alpha value is -3.80. The van der Waals surface area contributed by atoms with Crippen molar-refractivity contribution in [2.45, 2.75) is 4.90 Å². The topological polar surface area (TPSA) is 133 Å². The SMILES string of the molecule is COC(=O)c1cccc(S(=O)(=O)Nc2ccc(F)c([N+](=O)[O-])c2)c1.Cn1ccnc1.